The molecule has 0 aliphatic heterocycles. The van der Waals surface area contributed by atoms with Crippen molar-refractivity contribution in [2.24, 2.45) is 11.1 Å². The fraction of sp³-hybridized carbons (Fsp3) is 0.538. The molecule has 3 nitrogen and oxygen atoms in total. The molecule has 1 aromatic carbocycles. The molecule has 1 rings (SSSR count). The number of para-hydroxylation sites is 1. The molecule has 0 radical (unpaired) electrons. The van der Waals surface area contributed by atoms with Gasteiger partial charge in [-0.3, -0.25) is 0 Å². The second-order valence-electron chi connectivity index (χ2n) is 5.42. The topological polar surface area (TPSA) is 55.5 Å². The maximum Gasteiger partial charge on any atom is 0.573 e. The van der Waals surface area contributed by atoms with Crippen molar-refractivity contribution in [3.05, 3.63) is 29.8 Å². The predicted octanol–water partition coefficient (Wildman–Crippen LogP) is 2.99. The molecule has 0 bridgehead atoms. The van der Waals surface area contributed by atoms with Crippen molar-refractivity contribution in [2.45, 2.75) is 39.3 Å². The minimum Gasteiger partial charge on any atom is -0.405 e. The van der Waals surface area contributed by atoms with Crippen LogP contribution in [-0.4, -0.2) is 17.6 Å². The van der Waals surface area contributed by atoms with Crippen LogP contribution in [0.2, 0.25) is 0 Å². The van der Waals surface area contributed by atoms with Crippen LogP contribution in [-0.2, 0) is 0 Å². The number of nitrogens with two attached hydrogens (primary N) is 1. The van der Waals surface area contributed by atoms with E-state index in [0.29, 0.717) is 0 Å². The fourth-order valence-corrected chi connectivity index (χ4v) is 1.68. The Hall–Kier alpha value is -1.27. The van der Waals surface area contributed by atoms with Gasteiger partial charge in [-0.1, -0.05) is 39.0 Å². The Bertz CT molecular complexity index is 427. The van der Waals surface area contributed by atoms with Gasteiger partial charge in [0.15, 0.2) is 0 Å². The van der Waals surface area contributed by atoms with Crippen molar-refractivity contribution in [2.75, 3.05) is 0 Å². The quantitative estimate of drug-likeness (QED) is 0.893. The lowest BCUT2D eigenvalue weighted by Gasteiger charge is -2.31. The molecule has 0 aromatic heterocycles. The van der Waals surface area contributed by atoms with Crippen LogP contribution in [0.3, 0.4) is 0 Å². The molecule has 19 heavy (non-hydrogen) atoms. The van der Waals surface area contributed by atoms with Gasteiger partial charge in [0.05, 0.1) is 12.1 Å². The summed E-state index contributed by atoms with van der Waals surface area (Å²) in [6.45, 7) is 5.26. The normalized spacial score (nSPS) is 16.0. The zero-order valence-electron chi connectivity index (χ0n) is 11.0. The highest BCUT2D eigenvalue weighted by molar-refractivity contribution is 5.36. The van der Waals surface area contributed by atoms with E-state index in [0.717, 1.165) is 0 Å². The van der Waals surface area contributed by atoms with Gasteiger partial charge in [-0.25, -0.2) is 0 Å². The van der Waals surface area contributed by atoms with E-state index in [1.807, 2.05) is 0 Å². The van der Waals surface area contributed by atoms with E-state index in [1.165, 1.54) is 18.2 Å². The number of aliphatic hydroxyl groups excluding tert-OH is 1. The van der Waals surface area contributed by atoms with Gasteiger partial charge in [0.2, 0.25) is 0 Å². The van der Waals surface area contributed by atoms with Crippen LogP contribution in [0, 0.1) is 5.41 Å². The molecule has 0 amide bonds. The van der Waals surface area contributed by atoms with Gasteiger partial charge in [0, 0.05) is 5.56 Å². The second-order valence-corrected chi connectivity index (χ2v) is 5.42. The van der Waals surface area contributed by atoms with E-state index >= 15 is 0 Å². The molecule has 0 spiro atoms. The van der Waals surface area contributed by atoms with E-state index in [-0.39, 0.29) is 11.3 Å². The highest BCUT2D eigenvalue weighted by Gasteiger charge is 2.35. The third kappa shape index (κ3) is 4.40. The van der Waals surface area contributed by atoms with Gasteiger partial charge in [0.1, 0.15) is 5.75 Å². The van der Waals surface area contributed by atoms with Crippen molar-refractivity contribution in [1.29, 1.82) is 0 Å². The van der Waals surface area contributed by atoms with Crippen molar-refractivity contribution in [3.63, 3.8) is 0 Å². The second kappa shape index (κ2) is 5.38. The van der Waals surface area contributed by atoms with Gasteiger partial charge >= 0.3 is 6.36 Å². The number of aliphatic hydroxyl groups is 1. The standard InChI is InChI=1S/C13H18F3NO2/c1-12(2,3)11(18)10(17)8-6-4-5-7-9(8)19-13(14,15)16/h4-7,10-11,18H,17H2,1-3H3/t10-,11-/m1/s1. The molecule has 0 saturated carbocycles. The molecule has 0 saturated heterocycles. The van der Waals surface area contributed by atoms with Crippen LogP contribution in [0.25, 0.3) is 0 Å². The third-order valence-corrected chi connectivity index (χ3v) is 2.73. The molecule has 108 valence electrons. The third-order valence-electron chi connectivity index (χ3n) is 2.73. The van der Waals surface area contributed by atoms with Crippen LogP contribution in [0.4, 0.5) is 13.2 Å². The molecule has 0 aliphatic rings. The van der Waals surface area contributed by atoms with Crippen LogP contribution < -0.4 is 10.5 Å². The molecule has 1 aromatic rings. The number of benzene rings is 1. The smallest absolute Gasteiger partial charge is 0.405 e. The number of hydrogen-bond acceptors (Lipinski definition) is 3. The zero-order valence-corrected chi connectivity index (χ0v) is 11.0. The summed E-state index contributed by atoms with van der Waals surface area (Å²) in [5.74, 6) is -0.384. The van der Waals surface area contributed by atoms with Crippen LogP contribution in [0.15, 0.2) is 24.3 Å². The van der Waals surface area contributed by atoms with E-state index < -0.39 is 23.9 Å². The van der Waals surface area contributed by atoms with E-state index in [1.54, 1.807) is 26.8 Å². The summed E-state index contributed by atoms with van der Waals surface area (Å²) in [5.41, 5.74) is 5.42. The summed E-state index contributed by atoms with van der Waals surface area (Å²) < 4.78 is 40.8. The minimum absolute atomic E-state index is 0.127. The lowest BCUT2D eigenvalue weighted by molar-refractivity contribution is -0.275. The first-order chi connectivity index (χ1) is 8.52. The lowest BCUT2D eigenvalue weighted by Crippen LogP contribution is -2.37. The fourth-order valence-electron chi connectivity index (χ4n) is 1.68. The predicted molar refractivity (Wildman–Crippen MR) is 65.5 cm³/mol. The average molecular weight is 277 g/mol. The van der Waals surface area contributed by atoms with Gasteiger partial charge in [0.25, 0.3) is 0 Å². The highest BCUT2D eigenvalue weighted by atomic mass is 19.4. The summed E-state index contributed by atoms with van der Waals surface area (Å²) in [6, 6.07) is 4.60. The summed E-state index contributed by atoms with van der Waals surface area (Å²) >= 11 is 0. The molecule has 0 aliphatic carbocycles. The number of rotatable bonds is 3. The van der Waals surface area contributed by atoms with E-state index in [9.17, 15) is 18.3 Å². The molecular weight excluding hydrogens is 259 g/mol. The number of hydrogen-bond donors (Lipinski definition) is 2. The minimum atomic E-state index is -4.79. The van der Waals surface area contributed by atoms with Crippen LogP contribution in [0.5, 0.6) is 5.75 Å². The largest absolute Gasteiger partial charge is 0.573 e. The number of halogens is 3. The Balaban J connectivity index is 3.07. The van der Waals surface area contributed by atoms with Crippen molar-refractivity contribution in [3.8, 4) is 5.75 Å². The van der Waals surface area contributed by atoms with Crippen molar-refractivity contribution >= 4 is 0 Å². The SMILES string of the molecule is CC(C)(C)[C@H](O)[C@H](N)c1ccccc1OC(F)(F)F. The highest BCUT2D eigenvalue weighted by Crippen LogP contribution is 2.34. The average Bonchev–Trinajstić information content (AvgIpc) is 2.24. The van der Waals surface area contributed by atoms with Crippen molar-refractivity contribution in [1.82, 2.24) is 0 Å². The maximum atomic E-state index is 12.3. The summed E-state index contributed by atoms with van der Waals surface area (Å²) in [6.07, 6.45) is -5.78. The van der Waals surface area contributed by atoms with Crippen molar-refractivity contribution < 1.29 is 23.0 Å². The molecule has 0 unspecified atom stereocenters. The monoisotopic (exact) mass is 277 g/mol. The van der Waals surface area contributed by atoms with Gasteiger partial charge in [-0.05, 0) is 11.5 Å². The lowest BCUT2D eigenvalue weighted by atomic mass is 9.82. The Morgan fingerprint density at radius 2 is 1.68 bits per heavy atom. The Labute approximate surface area is 110 Å². The zero-order chi connectivity index (χ0) is 14.8. The van der Waals surface area contributed by atoms with Crippen LogP contribution in [0.1, 0.15) is 32.4 Å². The molecule has 3 N–H and O–H groups in total. The van der Waals surface area contributed by atoms with E-state index in [2.05, 4.69) is 4.74 Å². The first kappa shape index (κ1) is 15.8. The van der Waals surface area contributed by atoms with Gasteiger partial charge < -0.3 is 15.6 Å². The summed E-state index contributed by atoms with van der Waals surface area (Å²) in [4.78, 5) is 0. The summed E-state index contributed by atoms with van der Waals surface area (Å²) in [5, 5.41) is 10.1. The van der Waals surface area contributed by atoms with Gasteiger partial charge in [-0.15, -0.1) is 13.2 Å². The first-order valence-corrected chi connectivity index (χ1v) is 5.80. The maximum absolute atomic E-state index is 12.3. The first-order valence-electron chi connectivity index (χ1n) is 5.80. The molecule has 0 heterocycles. The molecule has 6 heteroatoms. The Morgan fingerprint density at radius 3 is 2.16 bits per heavy atom. The Morgan fingerprint density at radius 1 is 1.16 bits per heavy atom. The number of ether oxygens (including phenoxy) is 1. The van der Waals surface area contributed by atoms with E-state index in [4.69, 9.17) is 5.73 Å². The summed E-state index contributed by atoms with van der Waals surface area (Å²) in [7, 11) is 0. The van der Waals surface area contributed by atoms with Crippen LogP contribution >= 0.6 is 0 Å². The Kier molecular flexibility index (Phi) is 4.47. The molecule has 2 atom stereocenters. The molecular formula is C13H18F3NO2. The van der Waals surface area contributed by atoms with Gasteiger partial charge in [-0.2, -0.15) is 0 Å². The molecule has 0 fully saturated rings. The number of alkyl halides is 3.